The maximum absolute atomic E-state index is 12.4. The van der Waals surface area contributed by atoms with Crippen LogP contribution in [0.25, 0.3) is 11.0 Å². The minimum absolute atomic E-state index is 0.116. The van der Waals surface area contributed by atoms with Gasteiger partial charge in [-0.1, -0.05) is 39.8 Å². The van der Waals surface area contributed by atoms with Crippen LogP contribution < -0.4 is 5.69 Å². The van der Waals surface area contributed by atoms with Crippen LogP contribution in [0.4, 0.5) is 0 Å². The fourth-order valence-corrected chi connectivity index (χ4v) is 2.93. The van der Waals surface area contributed by atoms with Crippen molar-refractivity contribution in [3.8, 4) is 0 Å². The second-order valence-corrected chi connectivity index (χ2v) is 5.23. The van der Waals surface area contributed by atoms with Gasteiger partial charge < -0.3 is 4.90 Å². The lowest BCUT2D eigenvalue weighted by Crippen LogP contribution is -2.35. The van der Waals surface area contributed by atoms with E-state index in [4.69, 9.17) is 0 Å². The number of nitrogens with zero attached hydrogens (tertiary/aromatic N) is 3. The SMILES string of the molecule is CC.CC.CN1CCC(n2c(=O)n(C)c3ccccc32)CC1. The molecule has 1 aliphatic heterocycles. The maximum atomic E-state index is 12.4. The number of aryl methyl sites for hydroxylation is 1. The van der Waals surface area contributed by atoms with Crippen LogP contribution in [0, 0.1) is 0 Å². The van der Waals surface area contributed by atoms with Gasteiger partial charge in [-0.05, 0) is 45.1 Å². The number of benzene rings is 1. The Kier molecular flexibility index (Phi) is 7.39. The average molecular weight is 305 g/mol. The number of imidazole rings is 1. The first-order valence-corrected chi connectivity index (χ1v) is 8.53. The molecule has 2 aromatic rings. The molecule has 1 fully saturated rings. The van der Waals surface area contributed by atoms with Crippen molar-refractivity contribution in [2.75, 3.05) is 20.1 Å². The Morgan fingerprint density at radius 1 is 0.909 bits per heavy atom. The molecule has 124 valence electrons. The molecule has 1 aromatic carbocycles. The van der Waals surface area contributed by atoms with E-state index < -0.39 is 0 Å². The summed E-state index contributed by atoms with van der Waals surface area (Å²) < 4.78 is 3.75. The van der Waals surface area contributed by atoms with Gasteiger partial charge in [0.1, 0.15) is 0 Å². The Labute approximate surface area is 134 Å². The number of piperidine rings is 1. The highest BCUT2D eigenvalue weighted by atomic mass is 16.1. The van der Waals surface area contributed by atoms with Crippen LogP contribution in [0.15, 0.2) is 29.1 Å². The molecule has 22 heavy (non-hydrogen) atoms. The van der Waals surface area contributed by atoms with E-state index in [1.807, 2.05) is 57.5 Å². The van der Waals surface area contributed by atoms with Crippen molar-refractivity contribution in [2.24, 2.45) is 7.05 Å². The summed E-state index contributed by atoms with van der Waals surface area (Å²) in [6.07, 6.45) is 2.12. The molecule has 0 atom stereocenters. The molecule has 0 spiro atoms. The lowest BCUT2D eigenvalue weighted by Gasteiger charge is -2.29. The molecule has 0 bridgehead atoms. The van der Waals surface area contributed by atoms with E-state index in [2.05, 4.69) is 18.0 Å². The van der Waals surface area contributed by atoms with E-state index >= 15 is 0 Å². The third kappa shape index (κ3) is 3.61. The third-order valence-corrected chi connectivity index (χ3v) is 4.05. The van der Waals surface area contributed by atoms with Crippen molar-refractivity contribution >= 4 is 11.0 Å². The summed E-state index contributed by atoms with van der Waals surface area (Å²) in [5.74, 6) is 0. The molecule has 0 N–H and O–H groups in total. The van der Waals surface area contributed by atoms with Gasteiger partial charge in [0.2, 0.25) is 0 Å². The molecule has 0 unspecified atom stereocenters. The van der Waals surface area contributed by atoms with E-state index in [1.54, 1.807) is 4.57 Å². The minimum atomic E-state index is 0.116. The molecular formula is C18H31N3O. The summed E-state index contributed by atoms with van der Waals surface area (Å²) >= 11 is 0. The lowest BCUT2D eigenvalue weighted by molar-refractivity contribution is 0.221. The normalized spacial score (nSPS) is 15.7. The Hall–Kier alpha value is -1.55. The van der Waals surface area contributed by atoms with E-state index in [1.165, 1.54) is 0 Å². The number of rotatable bonds is 1. The standard InChI is InChI=1S/C14H19N3O.2C2H6/c1-15-9-7-11(8-10-15)17-13-6-4-3-5-12(13)16(2)14(17)18;2*1-2/h3-6,11H,7-10H2,1-2H3;2*1-2H3. The second kappa shape index (κ2) is 8.79. The summed E-state index contributed by atoms with van der Waals surface area (Å²) in [5, 5.41) is 0. The predicted molar refractivity (Wildman–Crippen MR) is 95.6 cm³/mol. The Morgan fingerprint density at radius 3 is 1.95 bits per heavy atom. The lowest BCUT2D eigenvalue weighted by atomic mass is 10.1. The van der Waals surface area contributed by atoms with Gasteiger partial charge in [-0.2, -0.15) is 0 Å². The van der Waals surface area contributed by atoms with Crippen LogP contribution in [0.2, 0.25) is 0 Å². The first kappa shape index (κ1) is 18.5. The van der Waals surface area contributed by atoms with Crippen molar-refractivity contribution in [3.63, 3.8) is 0 Å². The average Bonchev–Trinajstić information content (AvgIpc) is 2.84. The van der Waals surface area contributed by atoms with Crippen LogP contribution in [0.5, 0.6) is 0 Å². The smallest absolute Gasteiger partial charge is 0.306 e. The van der Waals surface area contributed by atoms with Crippen LogP contribution in [0.1, 0.15) is 46.6 Å². The van der Waals surface area contributed by atoms with Gasteiger partial charge in [-0.15, -0.1) is 0 Å². The van der Waals surface area contributed by atoms with Crippen molar-refractivity contribution in [1.82, 2.24) is 14.0 Å². The molecule has 3 rings (SSSR count). The highest BCUT2D eigenvalue weighted by Gasteiger charge is 2.22. The van der Waals surface area contributed by atoms with Gasteiger partial charge in [-0.25, -0.2) is 4.79 Å². The monoisotopic (exact) mass is 305 g/mol. The van der Waals surface area contributed by atoms with E-state index in [0.717, 1.165) is 37.0 Å². The highest BCUT2D eigenvalue weighted by molar-refractivity contribution is 5.76. The van der Waals surface area contributed by atoms with Crippen LogP contribution >= 0.6 is 0 Å². The molecule has 1 saturated heterocycles. The zero-order chi connectivity index (χ0) is 16.7. The minimum Gasteiger partial charge on any atom is -0.306 e. The second-order valence-electron chi connectivity index (χ2n) is 5.23. The number of aromatic nitrogens is 2. The van der Waals surface area contributed by atoms with Crippen molar-refractivity contribution in [1.29, 1.82) is 0 Å². The van der Waals surface area contributed by atoms with E-state index in [9.17, 15) is 4.79 Å². The Morgan fingerprint density at radius 2 is 1.41 bits per heavy atom. The van der Waals surface area contributed by atoms with Crippen molar-refractivity contribution in [2.45, 2.75) is 46.6 Å². The van der Waals surface area contributed by atoms with Gasteiger partial charge >= 0.3 is 5.69 Å². The molecule has 1 aliphatic rings. The molecule has 0 saturated carbocycles. The van der Waals surface area contributed by atoms with Gasteiger partial charge in [0.25, 0.3) is 0 Å². The zero-order valence-corrected chi connectivity index (χ0v) is 15.0. The summed E-state index contributed by atoms with van der Waals surface area (Å²) in [6, 6.07) is 8.41. The fraction of sp³-hybridized carbons (Fsp3) is 0.611. The molecule has 2 heterocycles. The fourth-order valence-electron chi connectivity index (χ4n) is 2.93. The zero-order valence-electron chi connectivity index (χ0n) is 15.0. The molecular weight excluding hydrogens is 274 g/mol. The molecule has 4 nitrogen and oxygen atoms in total. The first-order valence-electron chi connectivity index (χ1n) is 8.53. The third-order valence-electron chi connectivity index (χ3n) is 4.05. The van der Waals surface area contributed by atoms with Crippen molar-refractivity contribution in [3.05, 3.63) is 34.7 Å². The maximum Gasteiger partial charge on any atom is 0.329 e. The summed E-state index contributed by atoms with van der Waals surface area (Å²) in [6.45, 7) is 10.1. The summed E-state index contributed by atoms with van der Waals surface area (Å²) in [4.78, 5) is 14.7. The molecule has 0 amide bonds. The summed E-state index contributed by atoms with van der Waals surface area (Å²) in [7, 11) is 4.00. The largest absolute Gasteiger partial charge is 0.329 e. The number of para-hydroxylation sites is 2. The van der Waals surface area contributed by atoms with Crippen LogP contribution in [-0.2, 0) is 7.05 Å². The van der Waals surface area contributed by atoms with Gasteiger partial charge in [-0.3, -0.25) is 9.13 Å². The van der Waals surface area contributed by atoms with Gasteiger partial charge in [0, 0.05) is 13.1 Å². The molecule has 4 heteroatoms. The number of likely N-dealkylation sites (tertiary alicyclic amines) is 1. The quantitative estimate of drug-likeness (QED) is 0.805. The van der Waals surface area contributed by atoms with Crippen LogP contribution in [-0.4, -0.2) is 34.2 Å². The van der Waals surface area contributed by atoms with Crippen LogP contribution in [0.3, 0.4) is 0 Å². The summed E-state index contributed by atoms with van der Waals surface area (Å²) in [5.41, 5.74) is 2.21. The number of fused-ring (bicyclic) bond motifs is 1. The molecule has 0 aliphatic carbocycles. The van der Waals surface area contributed by atoms with Gasteiger partial charge in [0.15, 0.2) is 0 Å². The Balaban J connectivity index is 0.000000561. The number of hydrogen-bond acceptors (Lipinski definition) is 2. The first-order chi connectivity index (χ1) is 10.7. The van der Waals surface area contributed by atoms with Gasteiger partial charge in [0.05, 0.1) is 11.0 Å². The van der Waals surface area contributed by atoms with E-state index in [0.29, 0.717) is 6.04 Å². The highest BCUT2D eigenvalue weighted by Crippen LogP contribution is 2.24. The molecule has 1 aromatic heterocycles. The van der Waals surface area contributed by atoms with Crippen molar-refractivity contribution < 1.29 is 0 Å². The predicted octanol–water partition coefficient (Wildman–Crippen LogP) is 3.66. The topological polar surface area (TPSA) is 30.2 Å². The Bertz CT molecular complexity index is 619. The molecule has 0 radical (unpaired) electrons. The number of hydrogen-bond donors (Lipinski definition) is 0. The van der Waals surface area contributed by atoms with E-state index in [-0.39, 0.29) is 5.69 Å².